The Bertz CT molecular complexity index is 778. The summed E-state index contributed by atoms with van der Waals surface area (Å²) in [4.78, 5) is 0. The molecule has 2 atom stereocenters. The van der Waals surface area contributed by atoms with Crippen LogP contribution in [0, 0.1) is 22.7 Å². The molecule has 0 amide bonds. The Morgan fingerprint density at radius 3 is 1.91 bits per heavy atom. The van der Waals surface area contributed by atoms with Crippen molar-refractivity contribution in [1.29, 1.82) is 10.5 Å². The Morgan fingerprint density at radius 1 is 0.957 bits per heavy atom. The summed E-state index contributed by atoms with van der Waals surface area (Å²) in [5.74, 6) is 0. The predicted octanol–water partition coefficient (Wildman–Crippen LogP) is 3.81. The molecule has 0 aliphatic heterocycles. The van der Waals surface area contributed by atoms with Crippen LogP contribution in [0.1, 0.15) is 42.1 Å². The van der Waals surface area contributed by atoms with Gasteiger partial charge in [-0.05, 0) is 43.7 Å². The number of azo groups is 1. The van der Waals surface area contributed by atoms with E-state index in [2.05, 4.69) is 16.3 Å². The monoisotopic (exact) mass is 304 g/mol. The van der Waals surface area contributed by atoms with Crippen LogP contribution in [-0.2, 0) is 5.72 Å². The zero-order valence-electron chi connectivity index (χ0n) is 12.9. The van der Waals surface area contributed by atoms with E-state index < -0.39 is 5.72 Å². The van der Waals surface area contributed by atoms with Gasteiger partial charge in [0.1, 0.15) is 0 Å². The molecule has 0 spiro atoms. The zero-order valence-corrected chi connectivity index (χ0v) is 12.9. The number of hydrogen-bond donors (Lipinski definition) is 1. The van der Waals surface area contributed by atoms with E-state index >= 15 is 0 Å². The van der Waals surface area contributed by atoms with Crippen LogP contribution in [0.5, 0.6) is 0 Å². The smallest absolute Gasteiger partial charge is 0.199 e. The number of nitrogens with zero attached hydrogens (tertiary/aromatic N) is 4. The van der Waals surface area contributed by atoms with Crippen LogP contribution in [0.4, 0.5) is 0 Å². The van der Waals surface area contributed by atoms with Gasteiger partial charge in [-0.1, -0.05) is 24.3 Å². The van der Waals surface area contributed by atoms with E-state index in [1.165, 1.54) is 0 Å². The third kappa shape index (κ3) is 4.00. The Balaban J connectivity index is 2.15. The van der Waals surface area contributed by atoms with Crippen LogP contribution >= 0.6 is 0 Å². The topological polar surface area (TPSA) is 92.5 Å². The fourth-order valence-electron chi connectivity index (χ4n) is 2.02. The van der Waals surface area contributed by atoms with Crippen molar-refractivity contribution < 1.29 is 5.11 Å². The standard InChI is InChI=1S/C18H16N4O/c1-13(16-7-3-14(11-19)4-8-16)21-22-18(2,23)17-9-5-15(12-20)6-10-17/h3-10,13,23H,1-2H3. The van der Waals surface area contributed by atoms with E-state index in [0.717, 1.165) is 5.56 Å². The van der Waals surface area contributed by atoms with E-state index in [9.17, 15) is 5.11 Å². The normalized spacial score (nSPS) is 14.7. The molecular weight excluding hydrogens is 288 g/mol. The Hall–Kier alpha value is -3.02. The van der Waals surface area contributed by atoms with Gasteiger partial charge in [-0.3, -0.25) is 0 Å². The number of hydrogen-bond acceptors (Lipinski definition) is 5. The maximum atomic E-state index is 10.4. The summed E-state index contributed by atoms with van der Waals surface area (Å²) >= 11 is 0. The lowest BCUT2D eigenvalue weighted by atomic mass is 10.0. The first-order valence-electron chi connectivity index (χ1n) is 7.11. The highest BCUT2D eigenvalue weighted by Gasteiger charge is 2.22. The molecule has 2 aromatic carbocycles. The summed E-state index contributed by atoms with van der Waals surface area (Å²) in [6.07, 6.45) is 0. The third-order valence-electron chi connectivity index (χ3n) is 3.51. The Morgan fingerprint density at radius 2 is 1.43 bits per heavy atom. The van der Waals surface area contributed by atoms with E-state index in [-0.39, 0.29) is 6.04 Å². The van der Waals surface area contributed by atoms with E-state index in [0.29, 0.717) is 16.7 Å². The summed E-state index contributed by atoms with van der Waals surface area (Å²) in [7, 11) is 0. The second-order valence-corrected chi connectivity index (χ2v) is 5.34. The number of benzene rings is 2. The number of aliphatic hydroxyl groups is 1. The summed E-state index contributed by atoms with van der Waals surface area (Å²) in [5.41, 5.74) is 1.11. The zero-order chi connectivity index (χ0) is 16.9. The van der Waals surface area contributed by atoms with Crippen LogP contribution in [0.25, 0.3) is 0 Å². The van der Waals surface area contributed by atoms with Crippen molar-refractivity contribution in [3.63, 3.8) is 0 Å². The molecule has 0 bridgehead atoms. The van der Waals surface area contributed by atoms with Crippen LogP contribution in [0.15, 0.2) is 58.8 Å². The fourth-order valence-corrected chi connectivity index (χ4v) is 2.02. The first-order valence-corrected chi connectivity index (χ1v) is 7.11. The molecule has 0 saturated carbocycles. The van der Waals surface area contributed by atoms with Crippen molar-refractivity contribution in [2.45, 2.75) is 25.6 Å². The van der Waals surface area contributed by atoms with Crippen molar-refractivity contribution in [1.82, 2.24) is 0 Å². The molecule has 0 aliphatic carbocycles. The van der Waals surface area contributed by atoms with Crippen LogP contribution in [0.2, 0.25) is 0 Å². The molecule has 0 fully saturated rings. The molecule has 0 saturated heterocycles. The van der Waals surface area contributed by atoms with E-state index in [1.54, 1.807) is 43.3 Å². The Kier molecular flexibility index (Phi) is 4.85. The molecule has 2 unspecified atom stereocenters. The minimum Gasteiger partial charge on any atom is -0.364 e. The quantitative estimate of drug-likeness (QED) is 0.870. The Labute approximate surface area is 135 Å². The van der Waals surface area contributed by atoms with Gasteiger partial charge < -0.3 is 5.11 Å². The summed E-state index contributed by atoms with van der Waals surface area (Å²) in [6, 6.07) is 17.5. The molecular formula is C18H16N4O. The molecule has 0 radical (unpaired) electrons. The second-order valence-electron chi connectivity index (χ2n) is 5.34. The first kappa shape index (κ1) is 16.4. The van der Waals surface area contributed by atoms with Crippen LogP contribution in [0.3, 0.4) is 0 Å². The van der Waals surface area contributed by atoms with Crippen molar-refractivity contribution >= 4 is 0 Å². The van der Waals surface area contributed by atoms with E-state index in [1.807, 2.05) is 25.1 Å². The SMILES string of the molecule is CC(N=NC(C)(O)c1ccc(C#N)cc1)c1ccc(C#N)cc1. The maximum Gasteiger partial charge on any atom is 0.199 e. The summed E-state index contributed by atoms with van der Waals surface area (Å²) in [6.45, 7) is 3.41. The molecule has 23 heavy (non-hydrogen) atoms. The van der Waals surface area contributed by atoms with Gasteiger partial charge in [0.15, 0.2) is 5.72 Å². The highest BCUT2D eigenvalue weighted by molar-refractivity contribution is 5.34. The largest absolute Gasteiger partial charge is 0.364 e. The molecule has 5 nitrogen and oxygen atoms in total. The van der Waals surface area contributed by atoms with Crippen molar-refractivity contribution in [3.05, 3.63) is 70.8 Å². The highest BCUT2D eigenvalue weighted by Crippen LogP contribution is 2.26. The number of rotatable bonds is 4. The van der Waals surface area contributed by atoms with Gasteiger partial charge in [0, 0.05) is 5.56 Å². The molecule has 114 valence electrons. The minimum atomic E-state index is -1.46. The van der Waals surface area contributed by atoms with Gasteiger partial charge in [-0.2, -0.15) is 20.8 Å². The minimum absolute atomic E-state index is 0.243. The summed E-state index contributed by atoms with van der Waals surface area (Å²) in [5, 5.41) is 36.2. The van der Waals surface area contributed by atoms with Gasteiger partial charge in [0.05, 0.1) is 29.3 Å². The highest BCUT2D eigenvalue weighted by atomic mass is 16.3. The van der Waals surface area contributed by atoms with Gasteiger partial charge in [-0.25, -0.2) is 0 Å². The second kappa shape index (κ2) is 6.83. The average molecular weight is 304 g/mol. The molecule has 2 aromatic rings. The van der Waals surface area contributed by atoms with E-state index in [4.69, 9.17) is 10.5 Å². The van der Waals surface area contributed by atoms with Gasteiger partial charge >= 0.3 is 0 Å². The molecule has 2 rings (SSSR count). The molecule has 0 aromatic heterocycles. The lowest BCUT2D eigenvalue weighted by Gasteiger charge is -2.18. The van der Waals surface area contributed by atoms with Crippen molar-refractivity contribution in [2.24, 2.45) is 10.2 Å². The van der Waals surface area contributed by atoms with Crippen molar-refractivity contribution in [2.75, 3.05) is 0 Å². The summed E-state index contributed by atoms with van der Waals surface area (Å²) < 4.78 is 0. The van der Waals surface area contributed by atoms with Gasteiger partial charge in [0.25, 0.3) is 0 Å². The first-order chi connectivity index (χ1) is 11.0. The van der Waals surface area contributed by atoms with Crippen molar-refractivity contribution in [3.8, 4) is 12.1 Å². The maximum absolute atomic E-state index is 10.4. The molecule has 1 N–H and O–H groups in total. The number of nitriles is 2. The van der Waals surface area contributed by atoms with Crippen LogP contribution in [-0.4, -0.2) is 5.11 Å². The van der Waals surface area contributed by atoms with Gasteiger partial charge in [-0.15, -0.1) is 0 Å². The fraction of sp³-hybridized carbons (Fsp3) is 0.222. The van der Waals surface area contributed by atoms with Gasteiger partial charge in [0.2, 0.25) is 0 Å². The van der Waals surface area contributed by atoms with Crippen LogP contribution < -0.4 is 0 Å². The molecule has 0 aliphatic rings. The molecule has 0 heterocycles. The third-order valence-corrected chi connectivity index (χ3v) is 3.51. The lowest BCUT2D eigenvalue weighted by molar-refractivity contribution is 0.0573. The molecule has 5 heteroatoms. The average Bonchev–Trinajstić information content (AvgIpc) is 2.60. The predicted molar refractivity (Wildman–Crippen MR) is 85.2 cm³/mol. The lowest BCUT2D eigenvalue weighted by Crippen LogP contribution is -2.17.